The number of fused-ring (bicyclic) bond motifs is 2. The average molecular weight is 394 g/mol. The number of carbonyl (C=O) groups excluding carboxylic acids is 1. The Morgan fingerprint density at radius 2 is 2.14 bits per heavy atom. The van der Waals surface area contributed by atoms with Crippen molar-refractivity contribution in [2.24, 2.45) is 7.05 Å². The third kappa shape index (κ3) is 2.84. The minimum Gasteiger partial charge on any atom is -0.488 e. The Hall–Kier alpha value is -3.36. The molecule has 3 aromatic rings. The summed E-state index contributed by atoms with van der Waals surface area (Å²) in [7, 11) is 1.63. The fraction of sp³-hybridized carbons (Fsp3) is 0.400. The summed E-state index contributed by atoms with van der Waals surface area (Å²) in [4.78, 5) is 33.4. The van der Waals surface area contributed by atoms with Crippen molar-refractivity contribution in [3.63, 3.8) is 0 Å². The molecule has 9 nitrogen and oxygen atoms in total. The number of pyridine rings is 2. The number of amides is 1. The summed E-state index contributed by atoms with van der Waals surface area (Å²) in [6.45, 7) is 3.96. The summed E-state index contributed by atoms with van der Waals surface area (Å²) in [5, 5.41) is 4.25. The van der Waals surface area contributed by atoms with Crippen molar-refractivity contribution >= 4 is 23.1 Å². The molecule has 150 valence electrons. The van der Waals surface area contributed by atoms with Gasteiger partial charge in [-0.1, -0.05) is 0 Å². The van der Waals surface area contributed by atoms with Crippen LogP contribution in [-0.4, -0.2) is 55.7 Å². The highest BCUT2D eigenvalue weighted by atomic mass is 16.5. The Kier molecular flexibility index (Phi) is 4.04. The lowest BCUT2D eigenvalue weighted by Crippen LogP contribution is -2.34. The van der Waals surface area contributed by atoms with Gasteiger partial charge in [-0.2, -0.15) is 5.10 Å². The van der Waals surface area contributed by atoms with E-state index in [1.165, 1.54) is 9.08 Å². The minimum absolute atomic E-state index is 0.000281. The zero-order chi connectivity index (χ0) is 20.1. The summed E-state index contributed by atoms with van der Waals surface area (Å²) < 4.78 is 8.62. The van der Waals surface area contributed by atoms with E-state index in [1.807, 2.05) is 21.9 Å². The number of hydrogen-bond acceptors (Lipinski definition) is 6. The highest BCUT2D eigenvalue weighted by Crippen LogP contribution is 2.35. The van der Waals surface area contributed by atoms with E-state index in [2.05, 4.69) is 17.0 Å². The van der Waals surface area contributed by atoms with Gasteiger partial charge < -0.3 is 14.5 Å². The fourth-order valence-corrected chi connectivity index (χ4v) is 4.10. The second-order valence-corrected chi connectivity index (χ2v) is 7.55. The van der Waals surface area contributed by atoms with Gasteiger partial charge >= 0.3 is 5.69 Å². The number of anilines is 2. The van der Waals surface area contributed by atoms with Gasteiger partial charge in [0.05, 0.1) is 12.1 Å². The first kappa shape index (κ1) is 17.7. The van der Waals surface area contributed by atoms with Gasteiger partial charge in [-0.25, -0.2) is 14.5 Å². The van der Waals surface area contributed by atoms with Gasteiger partial charge in [0.25, 0.3) is 5.91 Å². The van der Waals surface area contributed by atoms with Crippen molar-refractivity contribution in [1.82, 2.24) is 24.1 Å². The van der Waals surface area contributed by atoms with Crippen LogP contribution >= 0.6 is 0 Å². The molecule has 2 aliphatic rings. The molecule has 1 fully saturated rings. The molecule has 0 aliphatic carbocycles. The van der Waals surface area contributed by atoms with E-state index < -0.39 is 0 Å². The van der Waals surface area contributed by atoms with Crippen molar-refractivity contribution in [3.8, 4) is 5.75 Å². The van der Waals surface area contributed by atoms with Crippen LogP contribution < -0.4 is 15.3 Å². The Labute approximate surface area is 167 Å². The number of rotatable bonds is 2. The topological polar surface area (TPSA) is 85.0 Å². The normalized spacial score (nSPS) is 18.8. The second-order valence-electron chi connectivity index (χ2n) is 7.55. The molecule has 1 saturated heterocycles. The predicted octanol–water partition coefficient (Wildman–Crippen LogP) is 1.58. The van der Waals surface area contributed by atoms with Crippen molar-refractivity contribution in [1.29, 1.82) is 0 Å². The summed E-state index contributed by atoms with van der Waals surface area (Å²) in [5.41, 5.74) is 1.79. The van der Waals surface area contributed by atoms with E-state index in [1.54, 1.807) is 25.5 Å². The molecule has 9 heteroatoms. The molecule has 29 heavy (non-hydrogen) atoms. The Bertz CT molecular complexity index is 1170. The first-order chi connectivity index (χ1) is 14.0. The number of aryl methyl sites for hydroxylation is 1. The van der Waals surface area contributed by atoms with Crippen LogP contribution in [0.2, 0.25) is 0 Å². The smallest absolute Gasteiger partial charge is 0.350 e. The fourth-order valence-electron chi connectivity index (χ4n) is 4.10. The number of carbonyl (C=O) groups is 1. The molecule has 0 bridgehead atoms. The molecule has 0 unspecified atom stereocenters. The summed E-state index contributed by atoms with van der Waals surface area (Å²) in [6.07, 6.45) is 5.40. The monoisotopic (exact) mass is 394 g/mol. The molecule has 1 amide bonds. The molecule has 5 heterocycles. The highest BCUT2D eigenvalue weighted by Gasteiger charge is 2.28. The standard InChI is InChI=1S/C20H22N6O3/c1-13-4-3-6-24(13)19(27)14-10-16-18(21-12-14)25(8-9-29-16)15-5-7-26-17(11-15)22-23(2)20(26)28/h5,7,10-13H,3-4,6,8-9H2,1-2H3/t13-/m1/s1. The van der Waals surface area contributed by atoms with Crippen molar-refractivity contribution in [2.75, 3.05) is 24.6 Å². The van der Waals surface area contributed by atoms with Crippen LogP contribution in [-0.2, 0) is 7.05 Å². The SMILES string of the molecule is C[C@@H]1CCCN1C(=O)c1cnc2c(c1)OCCN2c1ccn2c(=O)n(C)nc2c1. The summed E-state index contributed by atoms with van der Waals surface area (Å²) >= 11 is 0. The van der Waals surface area contributed by atoms with Crippen molar-refractivity contribution in [2.45, 2.75) is 25.8 Å². The molecule has 1 atom stereocenters. The molecule has 0 aromatic carbocycles. The van der Waals surface area contributed by atoms with Gasteiger partial charge in [-0.15, -0.1) is 0 Å². The Morgan fingerprint density at radius 1 is 1.28 bits per heavy atom. The quantitative estimate of drug-likeness (QED) is 0.656. The lowest BCUT2D eigenvalue weighted by atomic mass is 10.2. The molecule has 0 saturated carbocycles. The highest BCUT2D eigenvalue weighted by molar-refractivity contribution is 5.95. The first-order valence-electron chi connectivity index (χ1n) is 9.80. The average Bonchev–Trinajstić information content (AvgIpc) is 3.29. The summed E-state index contributed by atoms with van der Waals surface area (Å²) in [6, 6.07) is 5.75. The van der Waals surface area contributed by atoms with E-state index >= 15 is 0 Å². The molecule has 5 rings (SSSR count). The zero-order valence-corrected chi connectivity index (χ0v) is 16.4. The van der Waals surface area contributed by atoms with Crippen molar-refractivity contribution < 1.29 is 9.53 Å². The number of hydrogen-bond donors (Lipinski definition) is 0. The maximum atomic E-state index is 12.8. The van der Waals surface area contributed by atoms with Gasteiger partial charge in [0.2, 0.25) is 0 Å². The van der Waals surface area contributed by atoms with Crippen LogP contribution in [0.15, 0.2) is 35.4 Å². The van der Waals surface area contributed by atoms with E-state index in [9.17, 15) is 9.59 Å². The first-order valence-corrected chi connectivity index (χ1v) is 9.80. The third-order valence-corrected chi connectivity index (χ3v) is 5.69. The van der Waals surface area contributed by atoms with E-state index in [-0.39, 0.29) is 17.6 Å². The van der Waals surface area contributed by atoms with E-state index in [4.69, 9.17) is 4.74 Å². The Balaban J connectivity index is 1.49. The third-order valence-electron chi connectivity index (χ3n) is 5.69. The largest absolute Gasteiger partial charge is 0.488 e. The van der Waals surface area contributed by atoms with Gasteiger partial charge in [-0.05, 0) is 31.9 Å². The molecule has 0 spiro atoms. The van der Waals surface area contributed by atoms with Gasteiger partial charge in [0.1, 0.15) is 6.61 Å². The number of aromatic nitrogens is 4. The maximum absolute atomic E-state index is 12.8. The summed E-state index contributed by atoms with van der Waals surface area (Å²) in [5.74, 6) is 1.25. The van der Waals surface area contributed by atoms with Crippen LogP contribution in [0.4, 0.5) is 11.5 Å². The van der Waals surface area contributed by atoms with E-state index in [0.717, 1.165) is 25.1 Å². The van der Waals surface area contributed by atoms with Gasteiger partial charge in [-0.3, -0.25) is 9.20 Å². The van der Waals surface area contributed by atoms with Crippen LogP contribution in [0.25, 0.3) is 5.65 Å². The van der Waals surface area contributed by atoms with Gasteiger partial charge in [0.15, 0.2) is 17.2 Å². The Morgan fingerprint density at radius 3 is 2.93 bits per heavy atom. The molecule has 2 aliphatic heterocycles. The van der Waals surface area contributed by atoms with Crippen molar-refractivity contribution in [3.05, 3.63) is 46.6 Å². The number of nitrogens with zero attached hydrogens (tertiary/aromatic N) is 6. The molecular weight excluding hydrogens is 372 g/mol. The second kappa shape index (κ2) is 6.61. The lowest BCUT2D eigenvalue weighted by molar-refractivity contribution is 0.0746. The minimum atomic E-state index is -0.189. The predicted molar refractivity (Wildman–Crippen MR) is 107 cm³/mol. The molecule has 0 N–H and O–H groups in total. The number of ether oxygens (including phenoxy) is 1. The maximum Gasteiger partial charge on any atom is 0.350 e. The molecular formula is C20H22N6O3. The van der Waals surface area contributed by atoms with Crippen LogP contribution in [0.5, 0.6) is 5.75 Å². The molecule has 3 aromatic heterocycles. The van der Waals surface area contributed by atoms with Crippen LogP contribution in [0, 0.1) is 0 Å². The van der Waals surface area contributed by atoms with Crippen LogP contribution in [0.1, 0.15) is 30.1 Å². The molecule has 0 radical (unpaired) electrons. The van der Waals surface area contributed by atoms with Gasteiger partial charge in [0, 0.05) is 43.8 Å². The number of likely N-dealkylation sites (tertiary alicyclic amines) is 1. The zero-order valence-electron chi connectivity index (χ0n) is 16.4. The lowest BCUT2D eigenvalue weighted by Gasteiger charge is -2.30. The van der Waals surface area contributed by atoms with E-state index in [0.29, 0.717) is 35.9 Å². The van der Waals surface area contributed by atoms with Crippen LogP contribution in [0.3, 0.4) is 0 Å².